The zero-order chi connectivity index (χ0) is 15.1. The SMILES string of the molecule is CCCc1nc2ccccc2n1CCCCNCC(C)C. The van der Waals surface area contributed by atoms with Crippen molar-refractivity contribution in [3.63, 3.8) is 0 Å². The van der Waals surface area contributed by atoms with Crippen LogP contribution in [0.2, 0.25) is 0 Å². The van der Waals surface area contributed by atoms with Crippen LogP contribution >= 0.6 is 0 Å². The number of nitrogens with zero attached hydrogens (tertiary/aromatic N) is 2. The molecule has 0 aliphatic rings. The molecule has 1 aromatic carbocycles. The second kappa shape index (κ2) is 8.18. The zero-order valence-electron chi connectivity index (χ0n) is 13.7. The predicted molar refractivity (Wildman–Crippen MR) is 90.7 cm³/mol. The van der Waals surface area contributed by atoms with Gasteiger partial charge in [0.1, 0.15) is 5.82 Å². The number of rotatable bonds is 9. The fraction of sp³-hybridized carbons (Fsp3) is 0.611. The number of unbranched alkanes of at least 4 members (excludes halogenated alkanes) is 1. The third kappa shape index (κ3) is 4.57. The van der Waals surface area contributed by atoms with Crippen molar-refractivity contribution in [1.82, 2.24) is 14.9 Å². The molecule has 0 aliphatic heterocycles. The summed E-state index contributed by atoms with van der Waals surface area (Å²) in [5, 5.41) is 3.52. The first-order valence-electron chi connectivity index (χ1n) is 8.37. The van der Waals surface area contributed by atoms with Crippen molar-refractivity contribution in [3.8, 4) is 0 Å². The lowest BCUT2D eigenvalue weighted by Gasteiger charge is -2.10. The van der Waals surface area contributed by atoms with Crippen LogP contribution in [0.1, 0.15) is 45.9 Å². The van der Waals surface area contributed by atoms with Crippen LogP contribution in [0.25, 0.3) is 11.0 Å². The van der Waals surface area contributed by atoms with Gasteiger partial charge in [0.25, 0.3) is 0 Å². The number of para-hydroxylation sites is 2. The number of hydrogen-bond acceptors (Lipinski definition) is 2. The maximum absolute atomic E-state index is 4.79. The molecule has 0 saturated heterocycles. The van der Waals surface area contributed by atoms with Gasteiger partial charge in [0.15, 0.2) is 0 Å². The fourth-order valence-electron chi connectivity index (χ4n) is 2.70. The van der Waals surface area contributed by atoms with Crippen LogP contribution in [0.5, 0.6) is 0 Å². The molecule has 0 saturated carbocycles. The molecule has 2 aromatic rings. The molecule has 2 rings (SSSR count). The number of fused-ring (bicyclic) bond motifs is 1. The van der Waals surface area contributed by atoms with Gasteiger partial charge in [-0.15, -0.1) is 0 Å². The van der Waals surface area contributed by atoms with E-state index in [-0.39, 0.29) is 0 Å². The van der Waals surface area contributed by atoms with Gasteiger partial charge >= 0.3 is 0 Å². The summed E-state index contributed by atoms with van der Waals surface area (Å²) < 4.78 is 2.42. The Balaban J connectivity index is 1.92. The standard InChI is InChI=1S/C18H29N3/c1-4-9-18-20-16-10-5-6-11-17(16)21(18)13-8-7-12-19-14-15(2)3/h5-6,10-11,15,19H,4,7-9,12-14H2,1-3H3. The second-order valence-electron chi connectivity index (χ2n) is 6.22. The summed E-state index contributed by atoms with van der Waals surface area (Å²) in [6.45, 7) is 10.0. The Hall–Kier alpha value is -1.35. The molecule has 0 atom stereocenters. The van der Waals surface area contributed by atoms with E-state index in [0.29, 0.717) is 0 Å². The van der Waals surface area contributed by atoms with Crippen molar-refractivity contribution < 1.29 is 0 Å². The maximum atomic E-state index is 4.79. The highest BCUT2D eigenvalue weighted by Gasteiger charge is 2.08. The Morgan fingerprint density at radius 2 is 2.00 bits per heavy atom. The third-order valence-electron chi connectivity index (χ3n) is 3.75. The second-order valence-corrected chi connectivity index (χ2v) is 6.22. The smallest absolute Gasteiger partial charge is 0.109 e. The lowest BCUT2D eigenvalue weighted by atomic mass is 10.2. The van der Waals surface area contributed by atoms with E-state index in [2.05, 4.69) is 54.9 Å². The number of imidazole rings is 1. The van der Waals surface area contributed by atoms with Gasteiger partial charge in [0, 0.05) is 13.0 Å². The molecule has 3 nitrogen and oxygen atoms in total. The molecule has 0 amide bonds. The molecule has 0 fully saturated rings. The summed E-state index contributed by atoms with van der Waals surface area (Å²) in [6, 6.07) is 8.50. The molecule has 0 spiro atoms. The Kier molecular flexibility index (Phi) is 6.24. The van der Waals surface area contributed by atoms with Crippen molar-refractivity contribution in [2.45, 2.75) is 53.0 Å². The van der Waals surface area contributed by atoms with E-state index < -0.39 is 0 Å². The summed E-state index contributed by atoms with van der Waals surface area (Å²) in [4.78, 5) is 4.79. The summed E-state index contributed by atoms with van der Waals surface area (Å²) in [5.74, 6) is 1.98. The molecule has 116 valence electrons. The molecule has 0 aliphatic carbocycles. The Morgan fingerprint density at radius 1 is 1.19 bits per heavy atom. The normalized spacial score (nSPS) is 11.6. The average molecular weight is 287 g/mol. The number of hydrogen-bond donors (Lipinski definition) is 1. The minimum absolute atomic E-state index is 0.735. The van der Waals surface area contributed by atoms with Gasteiger partial charge in [-0.25, -0.2) is 4.98 Å². The van der Waals surface area contributed by atoms with Gasteiger partial charge in [-0.05, 0) is 50.4 Å². The number of benzene rings is 1. The molecular formula is C18H29N3. The van der Waals surface area contributed by atoms with Gasteiger partial charge in [-0.1, -0.05) is 32.9 Å². The predicted octanol–water partition coefficient (Wildman–Crippen LogP) is 4.01. The largest absolute Gasteiger partial charge is 0.328 e. The van der Waals surface area contributed by atoms with E-state index >= 15 is 0 Å². The first-order valence-corrected chi connectivity index (χ1v) is 8.37. The molecule has 0 radical (unpaired) electrons. The Morgan fingerprint density at radius 3 is 2.76 bits per heavy atom. The summed E-state index contributed by atoms with van der Waals surface area (Å²) in [7, 11) is 0. The quantitative estimate of drug-likeness (QED) is 0.706. The molecule has 0 bridgehead atoms. The first-order chi connectivity index (χ1) is 10.2. The lowest BCUT2D eigenvalue weighted by Crippen LogP contribution is -2.21. The monoisotopic (exact) mass is 287 g/mol. The van der Waals surface area contributed by atoms with Crippen LogP contribution in [-0.2, 0) is 13.0 Å². The zero-order valence-corrected chi connectivity index (χ0v) is 13.7. The van der Waals surface area contributed by atoms with Crippen LogP contribution in [0, 0.1) is 5.92 Å². The van der Waals surface area contributed by atoms with E-state index in [9.17, 15) is 0 Å². The van der Waals surface area contributed by atoms with Crippen molar-refractivity contribution in [2.24, 2.45) is 5.92 Å². The highest BCUT2D eigenvalue weighted by molar-refractivity contribution is 5.75. The van der Waals surface area contributed by atoms with Gasteiger partial charge < -0.3 is 9.88 Å². The van der Waals surface area contributed by atoms with E-state index in [4.69, 9.17) is 4.98 Å². The molecule has 1 heterocycles. The highest BCUT2D eigenvalue weighted by Crippen LogP contribution is 2.17. The maximum Gasteiger partial charge on any atom is 0.109 e. The molecule has 1 N–H and O–H groups in total. The Bertz CT molecular complexity index is 542. The van der Waals surface area contributed by atoms with Crippen LogP contribution in [0.3, 0.4) is 0 Å². The molecule has 1 aromatic heterocycles. The summed E-state index contributed by atoms with van der Waals surface area (Å²) in [6.07, 6.45) is 4.66. The van der Waals surface area contributed by atoms with Gasteiger partial charge in [0.05, 0.1) is 11.0 Å². The lowest BCUT2D eigenvalue weighted by molar-refractivity contribution is 0.517. The van der Waals surface area contributed by atoms with Crippen molar-refractivity contribution in [3.05, 3.63) is 30.1 Å². The highest BCUT2D eigenvalue weighted by atomic mass is 15.1. The molecule has 3 heteroatoms. The topological polar surface area (TPSA) is 29.9 Å². The van der Waals surface area contributed by atoms with Crippen molar-refractivity contribution in [1.29, 1.82) is 0 Å². The Labute approximate surface area is 128 Å². The van der Waals surface area contributed by atoms with Crippen LogP contribution in [0.4, 0.5) is 0 Å². The van der Waals surface area contributed by atoms with Crippen molar-refractivity contribution >= 4 is 11.0 Å². The van der Waals surface area contributed by atoms with E-state index in [1.807, 2.05) is 0 Å². The van der Waals surface area contributed by atoms with E-state index in [0.717, 1.165) is 43.9 Å². The minimum atomic E-state index is 0.735. The number of aromatic nitrogens is 2. The first kappa shape index (κ1) is 16.0. The van der Waals surface area contributed by atoms with Crippen LogP contribution < -0.4 is 5.32 Å². The number of nitrogens with one attached hydrogen (secondary N) is 1. The van der Waals surface area contributed by atoms with Gasteiger partial charge in [-0.2, -0.15) is 0 Å². The molecule has 0 unspecified atom stereocenters. The van der Waals surface area contributed by atoms with Crippen LogP contribution in [-0.4, -0.2) is 22.6 Å². The van der Waals surface area contributed by atoms with Crippen LogP contribution in [0.15, 0.2) is 24.3 Å². The average Bonchev–Trinajstić information content (AvgIpc) is 2.80. The fourth-order valence-corrected chi connectivity index (χ4v) is 2.70. The summed E-state index contributed by atoms with van der Waals surface area (Å²) in [5.41, 5.74) is 2.43. The molecule has 21 heavy (non-hydrogen) atoms. The van der Waals surface area contributed by atoms with E-state index in [1.54, 1.807) is 0 Å². The summed E-state index contributed by atoms with van der Waals surface area (Å²) >= 11 is 0. The van der Waals surface area contributed by atoms with E-state index in [1.165, 1.54) is 24.2 Å². The molecular weight excluding hydrogens is 258 g/mol. The third-order valence-corrected chi connectivity index (χ3v) is 3.75. The van der Waals surface area contributed by atoms with Gasteiger partial charge in [0.2, 0.25) is 0 Å². The minimum Gasteiger partial charge on any atom is -0.328 e. The van der Waals surface area contributed by atoms with Gasteiger partial charge in [-0.3, -0.25) is 0 Å². The van der Waals surface area contributed by atoms with Crippen molar-refractivity contribution in [2.75, 3.05) is 13.1 Å². The number of aryl methyl sites for hydroxylation is 2.